The van der Waals surface area contributed by atoms with Gasteiger partial charge in [0.25, 0.3) is 0 Å². The van der Waals surface area contributed by atoms with Crippen LogP contribution in [0.1, 0.15) is 20.8 Å². The van der Waals surface area contributed by atoms with Gasteiger partial charge in [0.2, 0.25) is 0 Å². The summed E-state index contributed by atoms with van der Waals surface area (Å²) in [5.41, 5.74) is 0.250. The molecule has 0 aliphatic heterocycles. The molecule has 0 saturated heterocycles. The van der Waals surface area contributed by atoms with Gasteiger partial charge in [0, 0.05) is 21.7 Å². The maximum absolute atomic E-state index is 3.77. The number of hydrogen-bond acceptors (Lipinski definition) is 0. The summed E-state index contributed by atoms with van der Waals surface area (Å²) in [5.74, 6) is 0. The SMILES string of the molecule is C=C[CH2-].C=C[CH2-].O.[CH2-]C(C)(C)C.[NH2-].[NH2-].[NH2-].[Ti].[c-]1ccccc1. The number of rotatable bonds is 0. The summed E-state index contributed by atoms with van der Waals surface area (Å²) in [6.07, 6.45) is 3.00. The van der Waals surface area contributed by atoms with Gasteiger partial charge in [0.05, 0.1) is 0 Å². The third-order valence-electron chi connectivity index (χ3n) is 0.607. The van der Waals surface area contributed by atoms with E-state index in [2.05, 4.69) is 60.8 Å². The van der Waals surface area contributed by atoms with E-state index in [0.29, 0.717) is 0 Å². The molecule has 1 aromatic rings. The van der Waals surface area contributed by atoms with Crippen molar-refractivity contribution in [2.24, 2.45) is 5.41 Å². The predicted octanol–water partition coefficient (Wildman–Crippen LogP) is 6.69. The van der Waals surface area contributed by atoms with Gasteiger partial charge < -0.3 is 30.9 Å². The Morgan fingerprint density at radius 3 is 1.09 bits per heavy atom. The number of benzene rings is 1. The molecule has 1 rings (SSSR count). The second-order valence-electron chi connectivity index (χ2n) is 4.22. The average molecular weight is 344 g/mol. The van der Waals surface area contributed by atoms with Crippen molar-refractivity contribution in [3.8, 4) is 0 Å². The van der Waals surface area contributed by atoms with Crippen molar-refractivity contribution in [1.29, 1.82) is 0 Å². The monoisotopic (exact) mass is 344 g/mol. The first-order chi connectivity index (χ1) is 7.83. The van der Waals surface area contributed by atoms with Crippen LogP contribution in [0.25, 0.3) is 18.5 Å². The van der Waals surface area contributed by atoms with Crippen LogP contribution in [-0.2, 0) is 21.7 Å². The van der Waals surface area contributed by atoms with E-state index >= 15 is 0 Å². The van der Waals surface area contributed by atoms with Crippen molar-refractivity contribution in [3.05, 3.63) is 101 Å². The molecular weight excluding hydrogens is 310 g/mol. The minimum atomic E-state index is 0. The molecule has 134 valence electrons. The molecule has 0 aromatic heterocycles. The van der Waals surface area contributed by atoms with E-state index < -0.39 is 0 Å². The summed E-state index contributed by atoms with van der Waals surface area (Å²) in [5, 5.41) is 0. The predicted molar refractivity (Wildman–Crippen MR) is 101 cm³/mol. The van der Waals surface area contributed by atoms with Crippen molar-refractivity contribution < 1.29 is 27.2 Å². The molecule has 8 N–H and O–H groups in total. The Kier molecular flexibility index (Phi) is 96.5. The Hall–Kier alpha value is -1.01. The van der Waals surface area contributed by atoms with E-state index in [9.17, 15) is 0 Å². The maximum atomic E-state index is 3.77. The molecule has 0 bridgehead atoms. The topological polar surface area (TPSA) is 132 Å². The van der Waals surface area contributed by atoms with E-state index in [1.165, 1.54) is 12.2 Å². The van der Waals surface area contributed by atoms with Crippen LogP contribution in [0.2, 0.25) is 0 Å². The smallest absolute Gasteiger partial charge is 0 e. The Bertz CT molecular complexity index is 211. The van der Waals surface area contributed by atoms with Crippen LogP contribution in [0.5, 0.6) is 0 Å². The van der Waals surface area contributed by atoms with Crippen LogP contribution >= 0.6 is 0 Å². The quantitative estimate of drug-likeness (QED) is 0.366. The summed E-state index contributed by atoms with van der Waals surface area (Å²) in [6.45, 7) is 23.0. The molecule has 0 amide bonds. The maximum Gasteiger partial charge on any atom is 0 e. The molecular formula is C17H34N3OTi-7. The van der Waals surface area contributed by atoms with Crippen molar-refractivity contribution >= 4 is 0 Å². The number of allylic oxidation sites excluding steroid dienone is 2. The minimum absolute atomic E-state index is 0. The molecule has 22 heavy (non-hydrogen) atoms. The van der Waals surface area contributed by atoms with Gasteiger partial charge in [0.15, 0.2) is 0 Å². The normalized spacial score (nSPS) is 6.00. The van der Waals surface area contributed by atoms with Gasteiger partial charge in [-0.1, -0.05) is 20.8 Å². The molecule has 0 atom stereocenters. The summed E-state index contributed by atoms with van der Waals surface area (Å²) in [4.78, 5) is 0. The number of nitrogens with two attached hydrogens (primary N) is 3. The first-order valence-corrected chi connectivity index (χ1v) is 5.40. The van der Waals surface area contributed by atoms with Gasteiger partial charge in [-0.05, 0) is 0 Å². The third-order valence-corrected chi connectivity index (χ3v) is 0.607. The fraction of sp³-hybridized carbons (Fsp3) is 0.235. The molecule has 0 unspecified atom stereocenters. The first-order valence-electron chi connectivity index (χ1n) is 5.40. The molecule has 0 aliphatic rings. The van der Waals surface area contributed by atoms with Crippen LogP contribution < -0.4 is 0 Å². The van der Waals surface area contributed by atoms with Crippen molar-refractivity contribution in [2.75, 3.05) is 0 Å². The van der Waals surface area contributed by atoms with Crippen LogP contribution in [0.3, 0.4) is 0 Å². The van der Waals surface area contributed by atoms with Gasteiger partial charge in [-0.15, -0.1) is 0 Å². The van der Waals surface area contributed by atoms with Gasteiger partial charge in [-0.25, -0.2) is 39.2 Å². The Morgan fingerprint density at radius 1 is 0.864 bits per heavy atom. The molecule has 0 fully saturated rings. The third kappa shape index (κ3) is 247. The van der Waals surface area contributed by atoms with Crippen molar-refractivity contribution in [3.63, 3.8) is 0 Å². The summed E-state index contributed by atoms with van der Waals surface area (Å²) in [6, 6.07) is 12.5. The Morgan fingerprint density at radius 2 is 1.05 bits per heavy atom. The zero-order chi connectivity index (χ0) is 14.2. The Balaban J connectivity index is -0.0000000192. The van der Waals surface area contributed by atoms with Gasteiger partial charge in [-0.3, -0.25) is 0 Å². The number of hydrogen-bond donors (Lipinski definition) is 0. The van der Waals surface area contributed by atoms with Crippen LogP contribution in [0.15, 0.2) is 55.6 Å². The second kappa shape index (κ2) is 42.7. The largest absolute Gasteiger partial charge is 0.693 e. The minimum Gasteiger partial charge on any atom is -0.693 e. The van der Waals surface area contributed by atoms with Crippen LogP contribution in [-0.4, -0.2) is 5.48 Å². The second-order valence-corrected chi connectivity index (χ2v) is 4.22. The molecule has 1 aromatic carbocycles. The van der Waals surface area contributed by atoms with Gasteiger partial charge in [0.1, 0.15) is 0 Å². The first kappa shape index (κ1) is 49.7. The molecule has 5 heteroatoms. The van der Waals surface area contributed by atoms with E-state index in [1.807, 2.05) is 30.3 Å². The standard InChI is InChI=1S/C6H5.C5H11.2C3H5.3H2N.H2O.Ti/c1-2-4-6-5-3-1;1-5(2,3)4;2*1-3-2;;;;;/h1-5H;1H2,2-4H3;2*3H,1-2H2;4*1H2;/q7*-1;;. The summed E-state index contributed by atoms with van der Waals surface area (Å²) in [7, 11) is 0. The zero-order valence-electron chi connectivity index (χ0n) is 14.3. The van der Waals surface area contributed by atoms with E-state index in [-0.39, 0.29) is 51.1 Å². The fourth-order valence-electron chi connectivity index (χ4n) is 0.342. The summed E-state index contributed by atoms with van der Waals surface area (Å²) >= 11 is 0. The molecule has 0 saturated carbocycles. The van der Waals surface area contributed by atoms with E-state index in [1.54, 1.807) is 0 Å². The molecule has 0 spiro atoms. The molecule has 0 heterocycles. The van der Waals surface area contributed by atoms with Gasteiger partial charge in [-0.2, -0.15) is 41.8 Å². The fourth-order valence-corrected chi connectivity index (χ4v) is 0.342. The molecule has 0 radical (unpaired) electrons. The van der Waals surface area contributed by atoms with Crippen molar-refractivity contribution in [1.82, 2.24) is 0 Å². The zero-order valence-corrected chi connectivity index (χ0v) is 15.9. The van der Waals surface area contributed by atoms with E-state index in [0.717, 1.165) is 0 Å². The molecule has 0 aliphatic carbocycles. The van der Waals surface area contributed by atoms with E-state index in [4.69, 9.17) is 0 Å². The Labute approximate surface area is 154 Å². The summed E-state index contributed by atoms with van der Waals surface area (Å²) < 4.78 is 0. The van der Waals surface area contributed by atoms with Gasteiger partial charge >= 0.3 is 0 Å². The average Bonchev–Trinajstić information content (AvgIpc) is 2.20. The van der Waals surface area contributed by atoms with Crippen LogP contribution in [0.4, 0.5) is 0 Å². The van der Waals surface area contributed by atoms with Crippen LogP contribution in [0, 0.1) is 32.3 Å². The molecule has 4 nitrogen and oxygen atoms in total. The van der Waals surface area contributed by atoms with Crippen molar-refractivity contribution in [2.45, 2.75) is 20.8 Å².